The van der Waals surface area contributed by atoms with Crippen molar-refractivity contribution >= 4 is 23.3 Å². The molecule has 1 unspecified atom stereocenters. The molecule has 0 aliphatic carbocycles. The lowest BCUT2D eigenvalue weighted by atomic mass is 10.2. The van der Waals surface area contributed by atoms with Crippen molar-refractivity contribution in [2.45, 2.75) is 18.7 Å². The molecule has 0 aliphatic rings. The third kappa shape index (κ3) is 4.26. The Kier molecular flexibility index (Phi) is 4.77. The third-order valence-corrected chi connectivity index (χ3v) is 2.43. The Hall–Kier alpha value is -2.03. The van der Waals surface area contributed by atoms with Crippen molar-refractivity contribution in [3.63, 3.8) is 0 Å². The summed E-state index contributed by atoms with van der Waals surface area (Å²) in [6, 6.07) is 2.67. The lowest BCUT2D eigenvalue weighted by molar-refractivity contribution is -0.385. The van der Waals surface area contributed by atoms with E-state index in [-0.39, 0.29) is 5.02 Å². The fourth-order valence-electron chi connectivity index (χ4n) is 1.23. The van der Waals surface area contributed by atoms with Crippen LogP contribution in [0.4, 0.5) is 18.9 Å². The van der Waals surface area contributed by atoms with E-state index in [4.69, 9.17) is 16.7 Å². The Labute approximate surface area is 114 Å². The van der Waals surface area contributed by atoms with Gasteiger partial charge >= 0.3 is 12.1 Å². The van der Waals surface area contributed by atoms with Crippen LogP contribution in [0.15, 0.2) is 18.2 Å². The molecule has 1 atom stereocenters. The quantitative estimate of drug-likeness (QED) is 0.666. The lowest BCUT2D eigenvalue weighted by Gasteiger charge is -2.20. The number of alkyl halides is 3. The summed E-state index contributed by atoms with van der Waals surface area (Å²) in [5.74, 6) is -2.33. The van der Waals surface area contributed by atoms with E-state index in [2.05, 4.69) is 4.74 Å². The van der Waals surface area contributed by atoms with Crippen molar-refractivity contribution in [3.8, 4) is 5.75 Å². The Morgan fingerprint density at radius 2 is 2.10 bits per heavy atom. The average molecular weight is 314 g/mol. The minimum Gasteiger partial charge on any atom is -0.481 e. The van der Waals surface area contributed by atoms with E-state index in [1.54, 1.807) is 0 Å². The van der Waals surface area contributed by atoms with Crippen molar-refractivity contribution in [2.75, 3.05) is 0 Å². The first-order chi connectivity index (χ1) is 9.11. The first-order valence-corrected chi connectivity index (χ1v) is 5.38. The maximum atomic E-state index is 12.6. The summed E-state index contributed by atoms with van der Waals surface area (Å²) in [5, 5.41) is 18.6. The highest BCUT2D eigenvalue weighted by Gasteiger charge is 2.43. The average Bonchev–Trinajstić information content (AvgIpc) is 2.28. The molecule has 1 aromatic carbocycles. The van der Waals surface area contributed by atoms with Crippen LogP contribution in [0.1, 0.15) is 6.42 Å². The molecule has 0 heterocycles. The van der Waals surface area contributed by atoms with Gasteiger partial charge in [0.05, 0.1) is 22.4 Å². The van der Waals surface area contributed by atoms with Crippen LogP contribution in [-0.4, -0.2) is 28.3 Å². The zero-order valence-corrected chi connectivity index (χ0v) is 10.3. The largest absolute Gasteiger partial charge is 0.481 e. The first-order valence-electron chi connectivity index (χ1n) is 5.00. The van der Waals surface area contributed by atoms with Gasteiger partial charge in [-0.3, -0.25) is 14.9 Å². The van der Waals surface area contributed by atoms with E-state index in [0.717, 1.165) is 12.1 Å². The molecule has 1 aromatic rings. The number of carbonyl (C=O) groups is 1. The van der Waals surface area contributed by atoms with E-state index in [0.29, 0.717) is 6.07 Å². The molecule has 10 heteroatoms. The van der Waals surface area contributed by atoms with Gasteiger partial charge in [0.15, 0.2) is 0 Å². The Bertz CT molecular complexity index is 534. The molecule has 0 saturated carbocycles. The van der Waals surface area contributed by atoms with Crippen molar-refractivity contribution < 1.29 is 32.7 Å². The van der Waals surface area contributed by atoms with Gasteiger partial charge in [0.2, 0.25) is 6.10 Å². The molecular weight excluding hydrogens is 307 g/mol. The van der Waals surface area contributed by atoms with Gasteiger partial charge in [0.25, 0.3) is 5.69 Å². The van der Waals surface area contributed by atoms with Crippen LogP contribution in [0, 0.1) is 10.1 Å². The first kappa shape index (κ1) is 16.0. The highest BCUT2D eigenvalue weighted by atomic mass is 35.5. The summed E-state index contributed by atoms with van der Waals surface area (Å²) < 4.78 is 42.2. The zero-order chi connectivity index (χ0) is 15.5. The van der Waals surface area contributed by atoms with E-state index < -0.39 is 41.0 Å². The van der Waals surface area contributed by atoms with Gasteiger partial charge < -0.3 is 9.84 Å². The van der Waals surface area contributed by atoms with Crippen LogP contribution in [0.25, 0.3) is 0 Å². The molecule has 20 heavy (non-hydrogen) atoms. The monoisotopic (exact) mass is 313 g/mol. The van der Waals surface area contributed by atoms with Crippen LogP contribution in [0.5, 0.6) is 5.75 Å². The van der Waals surface area contributed by atoms with Crippen LogP contribution in [-0.2, 0) is 4.79 Å². The second-order valence-electron chi connectivity index (χ2n) is 3.62. The SMILES string of the molecule is O=C(O)CC(Oc1cc([N+](=O)[O-])ccc1Cl)C(F)(F)F. The summed E-state index contributed by atoms with van der Waals surface area (Å²) in [5.41, 5.74) is -0.527. The fourth-order valence-corrected chi connectivity index (χ4v) is 1.39. The van der Waals surface area contributed by atoms with Gasteiger partial charge in [-0.25, -0.2) is 0 Å². The van der Waals surface area contributed by atoms with Crippen molar-refractivity contribution in [3.05, 3.63) is 33.3 Å². The summed E-state index contributed by atoms with van der Waals surface area (Å²) in [6.45, 7) is 0. The van der Waals surface area contributed by atoms with Crippen molar-refractivity contribution in [1.29, 1.82) is 0 Å². The minimum atomic E-state index is -4.95. The predicted octanol–water partition coefficient (Wildman–Crippen LogP) is 3.03. The maximum absolute atomic E-state index is 12.6. The normalized spacial score (nSPS) is 12.8. The van der Waals surface area contributed by atoms with Gasteiger partial charge in [-0.15, -0.1) is 0 Å². The van der Waals surface area contributed by atoms with Gasteiger partial charge in [-0.2, -0.15) is 13.2 Å². The molecule has 0 fully saturated rings. The second kappa shape index (κ2) is 5.95. The molecule has 0 bridgehead atoms. The summed E-state index contributed by atoms with van der Waals surface area (Å²) in [6.07, 6.45) is -8.95. The molecule has 1 N–H and O–H groups in total. The molecule has 0 radical (unpaired) electrons. The molecule has 0 saturated heterocycles. The molecule has 0 aromatic heterocycles. The van der Waals surface area contributed by atoms with Gasteiger partial charge in [0.1, 0.15) is 5.75 Å². The van der Waals surface area contributed by atoms with E-state index in [9.17, 15) is 28.1 Å². The number of halogens is 4. The van der Waals surface area contributed by atoms with E-state index in [1.165, 1.54) is 0 Å². The molecule has 0 spiro atoms. The molecule has 0 amide bonds. The fraction of sp³-hybridized carbons (Fsp3) is 0.300. The number of rotatable bonds is 5. The number of hydrogen-bond acceptors (Lipinski definition) is 4. The standard InChI is InChI=1S/C10H7ClF3NO5/c11-6-2-1-5(15(18)19)3-7(6)20-8(4-9(16)17)10(12,13)14/h1-3,8H,4H2,(H,16,17). The number of carboxylic acids is 1. The molecule has 6 nitrogen and oxygen atoms in total. The number of nitrogens with zero attached hydrogens (tertiary/aromatic N) is 1. The smallest absolute Gasteiger partial charge is 0.426 e. The number of hydrogen-bond donors (Lipinski definition) is 1. The van der Waals surface area contributed by atoms with Crippen molar-refractivity contribution in [1.82, 2.24) is 0 Å². The van der Waals surface area contributed by atoms with Gasteiger partial charge in [-0.1, -0.05) is 11.6 Å². The predicted molar refractivity (Wildman–Crippen MR) is 60.8 cm³/mol. The molecule has 0 aliphatic heterocycles. The minimum absolute atomic E-state index is 0.296. The topological polar surface area (TPSA) is 89.7 Å². The Morgan fingerprint density at radius 3 is 2.55 bits per heavy atom. The summed E-state index contributed by atoms with van der Waals surface area (Å²) in [4.78, 5) is 20.1. The van der Waals surface area contributed by atoms with Gasteiger partial charge in [0, 0.05) is 6.07 Å². The van der Waals surface area contributed by atoms with E-state index in [1.807, 2.05) is 0 Å². The van der Waals surface area contributed by atoms with Crippen molar-refractivity contribution in [2.24, 2.45) is 0 Å². The third-order valence-electron chi connectivity index (χ3n) is 2.12. The number of nitro benzene ring substituents is 1. The molecule has 110 valence electrons. The van der Waals surface area contributed by atoms with Crippen LogP contribution in [0.3, 0.4) is 0 Å². The van der Waals surface area contributed by atoms with Crippen LogP contribution < -0.4 is 4.74 Å². The zero-order valence-electron chi connectivity index (χ0n) is 9.56. The highest BCUT2D eigenvalue weighted by molar-refractivity contribution is 6.32. The van der Waals surface area contributed by atoms with Crippen LogP contribution in [0.2, 0.25) is 5.02 Å². The summed E-state index contributed by atoms with van der Waals surface area (Å²) in [7, 11) is 0. The van der Waals surface area contributed by atoms with E-state index >= 15 is 0 Å². The number of nitro groups is 1. The van der Waals surface area contributed by atoms with Gasteiger partial charge in [-0.05, 0) is 6.07 Å². The lowest BCUT2D eigenvalue weighted by Crippen LogP contribution is -2.36. The molecular formula is C10H7ClF3NO5. The molecule has 1 rings (SSSR count). The Balaban J connectivity index is 3.07. The Morgan fingerprint density at radius 1 is 1.50 bits per heavy atom. The number of ether oxygens (including phenoxy) is 1. The number of non-ortho nitro benzene ring substituents is 1. The summed E-state index contributed by atoms with van der Waals surface area (Å²) >= 11 is 5.57. The number of aliphatic carboxylic acids is 1. The second-order valence-corrected chi connectivity index (χ2v) is 4.03. The highest BCUT2D eigenvalue weighted by Crippen LogP contribution is 2.33. The maximum Gasteiger partial charge on any atom is 0.426 e. The van der Waals surface area contributed by atoms with Crippen LogP contribution >= 0.6 is 11.6 Å². The number of carboxylic acid groups (broad SMARTS) is 1. The number of benzene rings is 1.